The minimum atomic E-state index is -0.243. The van der Waals surface area contributed by atoms with E-state index in [0.29, 0.717) is 33.6 Å². The van der Waals surface area contributed by atoms with Crippen molar-refractivity contribution in [2.75, 3.05) is 5.32 Å². The lowest BCUT2D eigenvalue weighted by atomic mass is 10.1. The van der Waals surface area contributed by atoms with Crippen LogP contribution in [0.15, 0.2) is 71.2 Å². The first-order valence-corrected chi connectivity index (χ1v) is 8.89. The highest BCUT2D eigenvalue weighted by Gasteiger charge is 2.10. The second kappa shape index (κ2) is 8.06. The number of nitrogens with one attached hydrogen (secondary N) is 1. The molecule has 0 saturated carbocycles. The summed E-state index contributed by atoms with van der Waals surface area (Å²) in [5.41, 5.74) is 2.84. The van der Waals surface area contributed by atoms with E-state index in [1.54, 1.807) is 37.3 Å². The number of phenols is 1. The number of aryl methyl sites for hydroxylation is 1. The Bertz CT molecular complexity index is 903. The number of benzene rings is 3. The summed E-state index contributed by atoms with van der Waals surface area (Å²) < 4.78 is 6.30. The fourth-order valence-corrected chi connectivity index (χ4v) is 3.04. The second-order valence-corrected chi connectivity index (χ2v) is 6.73. The number of rotatable bonds is 5. The summed E-state index contributed by atoms with van der Waals surface area (Å²) in [7, 11) is 0. The number of anilines is 1. The third kappa shape index (κ3) is 4.43. The van der Waals surface area contributed by atoms with Gasteiger partial charge in [0.05, 0.1) is 4.47 Å². The van der Waals surface area contributed by atoms with Crippen LogP contribution < -0.4 is 10.1 Å². The lowest BCUT2D eigenvalue weighted by Gasteiger charge is -2.10. The Labute approximate surface area is 160 Å². The Hall–Kier alpha value is -2.79. The lowest BCUT2D eigenvalue weighted by molar-refractivity contribution is 0.102. The normalized spacial score (nSPS) is 10.4. The summed E-state index contributed by atoms with van der Waals surface area (Å²) in [6.45, 7) is 2.21. The number of phenolic OH excluding ortho intramolecular Hbond substituents is 1. The number of halogens is 1. The molecule has 2 N–H and O–H groups in total. The molecule has 4 nitrogen and oxygen atoms in total. The molecule has 0 aliphatic rings. The van der Waals surface area contributed by atoms with Crippen molar-refractivity contribution in [1.29, 1.82) is 0 Å². The zero-order valence-electron chi connectivity index (χ0n) is 14.2. The number of hydrogen-bond acceptors (Lipinski definition) is 3. The molecule has 3 rings (SSSR count). The van der Waals surface area contributed by atoms with Gasteiger partial charge in [-0.05, 0) is 64.3 Å². The van der Waals surface area contributed by atoms with Gasteiger partial charge in [-0.2, -0.15) is 0 Å². The molecule has 0 aliphatic carbocycles. The molecular formula is C21H18BrNO3. The summed E-state index contributed by atoms with van der Waals surface area (Å²) in [4.78, 5) is 12.5. The van der Waals surface area contributed by atoms with E-state index in [1.165, 1.54) is 0 Å². The van der Waals surface area contributed by atoms with Crippen molar-refractivity contribution in [2.24, 2.45) is 0 Å². The summed E-state index contributed by atoms with van der Waals surface area (Å²) in [6.07, 6.45) is 0. The predicted molar refractivity (Wildman–Crippen MR) is 106 cm³/mol. The van der Waals surface area contributed by atoms with Crippen LogP contribution in [0.25, 0.3) is 0 Å². The monoisotopic (exact) mass is 411 g/mol. The molecule has 5 heteroatoms. The van der Waals surface area contributed by atoms with Crippen LogP contribution in [0.4, 0.5) is 5.69 Å². The van der Waals surface area contributed by atoms with Gasteiger partial charge in [-0.15, -0.1) is 0 Å². The van der Waals surface area contributed by atoms with Gasteiger partial charge in [0.2, 0.25) is 0 Å². The van der Waals surface area contributed by atoms with Crippen molar-refractivity contribution in [3.8, 4) is 11.5 Å². The standard InChI is InChI=1S/C21H18BrNO3/c1-14-10-17(12-19(22)20(14)24)23-21(25)16-8-5-9-18(11-16)26-13-15-6-3-2-4-7-15/h2-12,24H,13H2,1H3,(H,23,25). The molecule has 0 heterocycles. The predicted octanol–water partition coefficient (Wildman–Crippen LogP) is 5.29. The van der Waals surface area contributed by atoms with Crippen LogP contribution in [0, 0.1) is 6.92 Å². The molecule has 0 radical (unpaired) electrons. The summed E-state index contributed by atoms with van der Waals surface area (Å²) in [6, 6.07) is 20.3. The van der Waals surface area contributed by atoms with Gasteiger partial charge in [0.25, 0.3) is 5.91 Å². The van der Waals surface area contributed by atoms with Crippen molar-refractivity contribution < 1.29 is 14.6 Å². The van der Waals surface area contributed by atoms with E-state index < -0.39 is 0 Å². The fraction of sp³-hybridized carbons (Fsp3) is 0.0952. The van der Waals surface area contributed by atoms with Gasteiger partial charge in [0.1, 0.15) is 18.1 Å². The Balaban J connectivity index is 1.70. The van der Waals surface area contributed by atoms with E-state index in [9.17, 15) is 9.90 Å². The summed E-state index contributed by atoms with van der Waals surface area (Å²) in [5.74, 6) is 0.552. The quantitative estimate of drug-likeness (QED) is 0.560. The molecule has 0 aromatic heterocycles. The van der Waals surface area contributed by atoms with Crippen LogP contribution >= 0.6 is 15.9 Å². The smallest absolute Gasteiger partial charge is 0.255 e. The first-order valence-electron chi connectivity index (χ1n) is 8.10. The third-order valence-corrected chi connectivity index (χ3v) is 4.46. The van der Waals surface area contributed by atoms with E-state index >= 15 is 0 Å². The largest absolute Gasteiger partial charge is 0.506 e. The molecule has 0 aliphatic heterocycles. The van der Waals surface area contributed by atoms with Gasteiger partial charge >= 0.3 is 0 Å². The molecule has 0 saturated heterocycles. The van der Waals surface area contributed by atoms with Crippen LogP contribution in [-0.4, -0.2) is 11.0 Å². The number of hydrogen-bond donors (Lipinski definition) is 2. The third-order valence-electron chi connectivity index (χ3n) is 3.86. The maximum atomic E-state index is 12.5. The summed E-state index contributed by atoms with van der Waals surface area (Å²) in [5, 5.41) is 12.6. The first-order chi connectivity index (χ1) is 12.5. The van der Waals surface area contributed by atoms with Crippen LogP contribution in [0.1, 0.15) is 21.5 Å². The highest BCUT2D eigenvalue weighted by atomic mass is 79.9. The zero-order valence-corrected chi connectivity index (χ0v) is 15.8. The molecule has 0 spiro atoms. The number of carbonyl (C=O) groups excluding carboxylic acids is 1. The maximum absolute atomic E-state index is 12.5. The van der Waals surface area contributed by atoms with Gasteiger partial charge in [-0.3, -0.25) is 4.79 Å². The van der Waals surface area contributed by atoms with E-state index in [4.69, 9.17) is 4.74 Å². The molecular weight excluding hydrogens is 394 g/mol. The van der Waals surface area contributed by atoms with Crippen molar-refractivity contribution in [2.45, 2.75) is 13.5 Å². The highest BCUT2D eigenvalue weighted by Crippen LogP contribution is 2.31. The van der Waals surface area contributed by atoms with E-state index in [2.05, 4.69) is 21.2 Å². The first kappa shape index (κ1) is 18.0. The molecule has 3 aromatic rings. The Kier molecular flexibility index (Phi) is 5.58. The molecule has 132 valence electrons. The number of amides is 1. The van der Waals surface area contributed by atoms with Crippen molar-refractivity contribution in [1.82, 2.24) is 0 Å². The SMILES string of the molecule is Cc1cc(NC(=O)c2cccc(OCc3ccccc3)c2)cc(Br)c1O. The van der Waals surface area contributed by atoms with E-state index in [1.807, 2.05) is 36.4 Å². The molecule has 26 heavy (non-hydrogen) atoms. The van der Waals surface area contributed by atoms with Crippen molar-refractivity contribution >= 4 is 27.5 Å². The Morgan fingerprint density at radius 1 is 1.08 bits per heavy atom. The van der Waals surface area contributed by atoms with Gasteiger partial charge in [0, 0.05) is 11.3 Å². The molecule has 0 bridgehead atoms. The Morgan fingerprint density at radius 3 is 2.58 bits per heavy atom. The molecule has 0 atom stereocenters. The Morgan fingerprint density at radius 2 is 1.85 bits per heavy atom. The van der Waals surface area contributed by atoms with Crippen LogP contribution in [0.2, 0.25) is 0 Å². The average molecular weight is 412 g/mol. The second-order valence-electron chi connectivity index (χ2n) is 5.88. The van der Waals surface area contributed by atoms with Crippen LogP contribution in [0.5, 0.6) is 11.5 Å². The number of carbonyl (C=O) groups is 1. The zero-order chi connectivity index (χ0) is 18.5. The van der Waals surface area contributed by atoms with Gasteiger partial charge < -0.3 is 15.2 Å². The van der Waals surface area contributed by atoms with E-state index in [-0.39, 0.29) is 11.7 Å². The average Bonchev–Trinajstić information content (AvgIpc) is 2.65. The van der Waals surface area contributed by atoms with Crippen LogP contribution in [-0.2, 0) is 6.61 Å². The van der Waals surface area contributed by atoms with Crippen molar-refractivity contribution in [3.05, 3.63) is 87.9 Å². The van der Waals surface area contributed by atoms with Gasteiger partial charge in [-0.1, -0.05) is 36.4 Å². The maximum Gasteiger partial charge on any atom is 0.255 e. The molecule has 1 amide bonds. The highest BCUT2D eigenvalue weighted by molar-refractivity contribution is 9.10. The van der Waals surface area contributed by atoms with Crippen LogP contribution in [0.3, 0.4) is 0 Å². The minimum absolute atomic E-state index is 0.166. The molecule has 3 aromatic carbocycles. The lowest BCUT2D eigenvalue weighted by Crippen LogP contribution is -2.12. The van der Waals surface area contributed by atoms with Gasteiger partial charge in [0.15, 0.2) is 0 Å². The summed E-state index contributed by atoms with van der Waals surface area (Å²) >= 11 is 3.28. The van der Waals surface area contributed by atoms with Gasteiger partial charge in [-0.25, -0.2) is 0 Å². The topological polar surface area (TPSA) is 58.6 Å². The minimum Gasteiger partial charge on any atom is -0.506 e. The fourth-order valence-electron chi connectivity index (χ4n) is 2.48. The van der Waals surface area contributed by atoms with Crippen molar-refractivity contribution in [3.63, 3.8) is 0 Å². The number of aromatic hydroxyl groups is 1. The molecule has 0 fully saturated rings. The van der Waals surface area contributed by atoms with E-state index in [0.717, 1.165) is 5.56 Å². The molecule has 0 unspecified atom stereocenters. The number of ether oxygens (including phenoxy) is 1.